The summed E-state index contributed by atoms with van der Waals surface area (Å²) < 4.78 is 0. The lowest BCUT2D eigenvalue weighted by atomic mass is 10.0. The van der Waals surface area contributed by atoms with Crippen molar-refractivity contribution in [1.82, 2.24) is 10.2 Å². The Kier molecular flexibility index (Phi) is 5.77. The Bertz CT molecular complexity index is 185. The van der Waals surface area contributed by atoms with Crippen LogP contribution >= 0.6 is 0 Å². The first-order valence-corrected chi connectivity index (χ1v) is 7.02. The molecule has 0 aromatic rings. The van der Waals surface area contributed by atoms with Crippen molar-refractivity contribution >= 4 is 0 Å². The van der Waals surface area contributed by atoms with Gasteiger partial charge in [0.1, 0.15) is 0 Å². The first-order chi connectivity index (χ1) is 7.54. The molecule has 0 aromatic carbocycles. The molecule has 0 bridgehead atoms. The molecular formula is C14H30N2. The van der Waals surface area contributed by atoms with Crippen molar-refractivity contribution < 1.29 is 0 Å². The van der Waals surface area contributed by atoms with E-state index < -0.39 is 0 Å². The van der Waals surface area contributed by atoms with E-state index in [1.165, 1.54) is 25.9 Å². The van der Waals surface area contributed by atoms with E-state index in [2.05, 4.69) is 44.8 Å². The summed E-state index contributed by atoms with van der Waals surface area (Å²) in [5.41, 5.74) is 0. The fraction of sp³-hybridized carbons (Fsp3) is 1.00. The molecule has 0 aliphatic heterocycles. The van der Waals surface area contributed by atoms with Crippen molar-refractivity contribution in [3.05, 3.63) is 0 Å². The van der Waals surface area contributed by atoms with E-state index in [-0.39, 0.29) is 0 Å². The van der Waals surface area contributed by atoms with Gasteiger partial charge in [-0.15, -0.1) is 0 Å². The summed E-state index contributed by atoms with van der Waals surface area (Å²) >= 11 is 0. The van der Waals surface area contributed by atoms with Crippen LogP contribution in [0.1, 0.15) is 47.5 Å². The zero-order valence-corrected chi connectivity index (χ0v) is 11.8. The third kappa shape index (κ3) is 4.84. The van der Waals surface area contributed by atoms with Gasteiger partial charge in [-0.25, -0.2) is 0 Å². The molecule has 1 aliphatic carbocycles. The molecule has 16 heavy (non-hydrogen) atoms. The summed E-state index contributed by atoms with van der Waals surface area (Å²) in [5, 5.41) is 3.59. The Labute approximate surface area is 102 Å². The van der Waals surface area contributed by atoms with Crippen LogP contribution in [-0.4, -0.2) is 36.6 Å². The second-order valence-electron chi connectivity index (χ2n) is 5.91. The average Bonchev–Trinajstić information content (AvgIpc) is 2.99. The summed E-state index contributed by atoms with van der Waals surface area (Å²) in [6.07, 6.45) is 2.91. The monoisotopic (exact) mass is 226 g/mol. The molecule has 0 saturated heterocycles. The normalized spacial score (nSPS) is 18.8. The lowest BCUT2D eigenvalue weighted by Gasteiger charge is -2.34. The van der Waals surface area contributed by atoms with Gasteiger partial charge in [0.2, 0.25) is 0 Å². The van der Waals surface area contributed by atoms with Crippen molar-refractivity contribution in [1.29, 1.82) is 0 Å². The third-order valence-electron chi connectivity index (χ3n) is 3.57. The molecule has 96 valence electrons. The fourth-order valence-corrected chi connectivity index (χ4v) is 2.27. The van der Waals surface area contributed by atoms with Crippen molar-refractivity contribution in [3.8, 4) is 0 Å². The maximum atomic E-state index is 3.59. The Morgan fingerprint density at radius 2 is 1.81 bits per heavy atom. The van der Waals surface area contributed by atoms with Crippen molar-refractivity contribution in [3.63, 3.8) is 0 Å². The van der Waals surface area contributed by atoms with Crippen LogP contribution in [0.3, 0.4) is 0 Å². The zero-order valence-electron chi connectivity index (χ0n) is 11.8. The minimum Gasteiger partial charge on any atom is -0.313 e. The lowest BCUT2D eigenvalue weighted by molar-refractivity contribution is 0.150. The van der Waals surface area contributed by atoms with Gasteiger partial charge in [-0.05, 0) is 31.2 Å². The van der Waals surface area contributed by atoms with Crippen LogP contribution in [0.5, 0.6) is 0 Å². The van der Waals surface area contributed by atoms with Crippen LogP contribution in [0.4, 0.5) is 0 Å². The van der Waals surface area contributed by atoms with E-state index in [9.17, 15) is 0 Å². The van der Waals surface area contributed by atoms with Crippen molar-refractivity contribution in [2.24, 2.45) is 11.8 Å². The molecule has 1 saturated carbocycles. The first-order valence-electron chi connectivity index (χ1n) is 7.02. The van der Waals surface area contributed by atoms with Crippen molar-refractivity contribution in [2.45, 2.75) is 59.5 Å². The molecular weight excluding hydrogens is 196 g/mol. The molecule has 1 fully saturated rings. The quantitative estimate of drug-likeness (QED) is 0.684. The molecule has 0 heterocycles. The number of nitrogens with one attached hydrogen (secondary N) is 1. The molecule has 1 aliphatic rings. The Balaban J connectivity index is 2.43. The van der Waals surface area contributed by atoms with Gasteiger partial charge >= 0.3 is 0 Å². The average molecular weight is 226 g/mol. The Hall–Kier alpha value is -0.0800. The minimum absolute atomic E-state index is 0.598. The topological polar surface area (TPSA) is 15.3 Å². The molecule has 2 heteroatoms. The van der Waals surface area contributed by atoms with Gasteiger partial charge < -0.3 is 5.32 Å². The molecule has 1 atom stereocenters. The summed E-state index contributed by atoms with van der Waals surface area (Å²) in [6.45, 7) is 15.1. The van der Waals surface area contributed by atoms with Gasteiger partial charge in [0.15, 0.2) is 0 Å². The molecule has 2 nitrogen and oxygen atoms in total. The molecule has 1 N–H and O–H groups in total. The SMILES string of the molecule is CCN(CC1CC1)C(CNC(C)C)C(C)C. The minimum atomic E-state index is 0.598. The maximum absolute atomic E-state index is 3.59. The van der Waals surface area contributed by atoms with Crippen LogP contribution in [0, 0.1) is 11.8 Å². The molecule has 0 spiro atoms. The predicted molar refractivity (Wildman–Crippen MR) is 71.7 cm³/mol. The van der Waals surface area contributed by atoms with Crippen LogP contribution in [0.25, 0.3) is 0 Å². The van der Waals surface area contributed by atoms with E-state index >= 15 is 0 Å². The van der Waals surface area contributed by atoms with Gasteiger partial charge in [-0.1, -0.05) is 34.6 Å². The van der Waals surface area contributed by atoms with Gasteiger partial charge in [0.25, 0.3) is 0 Å². The van der Waals surface area contributed by atoms with Gasteiger partial charge in [-0.2, -0.15) is 0 Å². The fourth-order valence-electron chi connectivity index (χ4n) is 2.27. The Morgan fingerprint density at radius 1 is 1.19 bits per heavy atom. The standard InChI is InChI=1S/C14H30N2/c1-6-16(10-13-7-8-13)14(11(2)3)9-15-12(4)5/h11-15H,6-10H2,1-5H3. The number of nitrogens with zero attached hydrogens (tertiary/aromatic N) is 1. The maximum Gasteiger partial charge on any atom is 0.0243 e. The van der Waals surface area contributed by atoms with E-state index in [4.69, 9.17) is 0 Å². The van der Waals surface area contributed by atoms with Crippen LogP contribution < -0.4 is 5.32 Å². The number of rotatable bonds is 8. The number of hydrogen-bond donors (Lipinski definition) is 1. The highest BCUT2D eigenvalue weighted by atomic mass is 15.2. The zero-order chi connectivity index (χ0) is 12.1. The van der Waals surface area contributed by atoms with Gasteiger partial charge in [-0.3, -0.25) is 4.90 Å². The second-order valence-corrected chi connectivity index (χ2v) is 5.91. The molecule has 1 rings (SSSR count). The van der Waals surface area contributed by atoms with Crippen LogP contribution in [0.15, 0.2) is 0 Å². The van der Waals surface area contributed by atoms with Crippen molar-refractivity contribution in [2.75, 3.05) is 19.6 Å². The first kappa shape index (κ1) is 14.0. The smallest absolute Gasteiger partial charge is 0.0243 e. The lowest BCUT2D eigenvalue weighted by Crippen LogP contribution is -2.47. The number of likely N-dealkylation sites (N-methyl/N-ethyl adjacent to an activating group) is 1. The van der Waals surface area contributed by atoms with Gasteiger partial charge in [0, 0.05) is 25.2 Å². The highest BCUT2D eigenvalue weighted by Gasteiger charge is 2.28. The highest BCUT2D eigenvalue weighted by Crippen LogP contribution is 2.30. The van der Waals surface area contributed by atoms with E-state index in [1.807, 2.05) is 0 Å². The van der Waals surface area contributed by atoms with Gasteiger partial charge in [0.05, 0.1) is 0 Å². The van der Waals surface area contributed by atoms with E-state index in [0.717, 1.165) is 18.4 Å². The highest BCUT2D eigenvalue weighted by molar-refractivity contribution is 4.83. The largest absolute Gasteiger partial charge is 0.313 e. The van der Waals surface area contributed by atoms with Crippen LogP contribution in [0.2, 0.25) is 0 Å². The van der Waals surface area contributed by atoms with E-state index in [1.54, 1.807) is 0 Å². The summed E-state index contributed by atoms with van der Waals surface area (Å²) in [6, 6.07) is 1.30. The summed E-state index contributed by atoms with van der Waals surface area (Å²) in [5.74, 6) is 1.74. The molecule has 1 unspecified atom stereocenters. The van der Waals surface area contributed by atoms with E-state index in [0.29, 0.717) is 12.1 Å². The molecule has 0 aromatic heterocycles. The Morgan fingerprint density at radius 3 is 2.19 bits per heavy atom. The summed E-state index contributed by atoms with van der Waals surface area (Å²) in [7, 11) is 0. The molecule has 0 radical (unpaired) electrons. The van der Waals surface area contributed by atoms with Crippen LogP contribution in [-0.2, 0) is 0 Å². The third-order valence-corrected chi connectivity index (χ3v) is 3.57. The summed E-state index contributed by atoms with van der Waals surface area (Å²) in [4.78, 5) is 2.68. The second kappa shape index (κ2) is 6.61. The number of hydrogen-bond acceptors (Lipinski definition) is 2. The molecule has 0 amide bonds. The predicted octanol–water partition coefficient (Wildman–Crippen LogP) is 2.74.